The summed E-state index contributed by atoms with van der Waals surface area (Å²) in [7, 11) is 0. The van der Waals surface area contributed by atoms with Gasteiger partial charge in [0.15, 0.2) is 11.3 Å². The van der Waals surface area contributed by atoms with Crippen LogP contribution in [-0.2, 0) is 4.74 Å². The Labute approximate surface area is 233 Å². The second-order valence-corrected chi connectivity index (χ2v) is 12.6. The molecule has 0 aliphatic heterocycles. The highest BCUT2D eigenvalue weighted by Crippen LogP contribution is 2.37. The van der Waals surface area contributed by atoms with Crippen LogP contribution in [0.15, 0.2) is 66.3 Å². The van der Waals surface area contributed by atoms with E-state index < -0.39 is 11.7 Å². The average Bonchev–Trinajstić information content (AvgIpc) is 3.59. The largest absolute Gasteiger partial charge is 0.444 e. The first-order chi connectivity index (χ1) is 18.5. The zero-order chi connectivity index (χ0) is 27.8. The number of carbonyl (C=O) groups excluding carboxylic acids is 1. The molecule has 0 fully saturated rings. The number of carbonyl (C=O) groups is 1. The van der Waals surface area contributed by atoms with E-state index in [4.69, 9.17) is 9.72 Å². The molecule has 0 bridgehead atoms. The molecule has 202 valence electrons. The SMILES string of the molecule is CCC(C)(C)CC(NC(=O)OC(C)(C)C)c1ccc(-c2nc3c(cnc4ccnn43)cc2-c2cccs2)cc1. The van der Waals surface area contributed by atoms with E-state index in [-0.39, 0.29) is 11.5 Å². The highest BCUT2D eigenvalue weighted by atomic mass is 32.1. The number of hydrogen-bond acceptors (Lipinski definition) is 6. The van der Waals surface area contributed by atoms with Gasteiger partial charge in [-0.15, -0.1) is 11.3 Å². The minimum absolute atomic E-state index is 0.0494. The summed E-state index contributed by atoms with van der Waals surface area (Å²) in [5.74, 6) is 0. The smallest absolute Gasteiger partial charge is 0.408 e. The summed E-state index contributed by atoms with van der Waals surface area (Å²) in [5, 5.41) is 10.6. The van der Waals surface area contributed by atoms with Gasteiger partial charge in [0.2, 0.25) is 0 Å². The number of aromatic nitrogens is 4. The number of nitrogens with one attached hydrogen (secondary N) is 1. The lowest BCUT2D eigenvalue weighted by Gasteiger charge is -2.30. The van der Waals surface area contributed by atoms with Crippen molar-refractivity contribution < 1.29 is 9.53 Å². The lowest BCUT2D eigenvalue weighted by atomic mass is 9.81. The summed E-state index contributed by atoms with van der Waals surface area (Å²) in [6.07, 6.45) is 4.98. The summed E-state index contributed by atoms with van der Waals surface area (Å²) in [6, 6.07) is 16.3. The predicted molar refractivity (Wildman–Crippen MR) is 158 cm³/mol. The van der Waals surface area contributed by atoms with E-state index in [1.54, 1.807) is 22.0 Å². The number of benzene rings is 1. The topological polar surface area (TPSA) is 81.4 Å². The molecule has 0 saturated heterocycles. The molecule has 1 amide bonds. The third kappa shape index (κ3) is 5.96. The fraction of sp³-hybridized carbons (Fsp3) is 0.355. The van der Waals surface area contributed by atoms with Crippen LogP contribution in [0.3, 0.4) is 0 Å². The van der Waals surface area contributed by atoms with E-state index in [2.05, 4.69) is 84.0 Å². The number of fused-ring (bicyclic) bond motifs is 3. The highest BCUT2D eigenvalue weighted by Gasteiger charge is 2.27. The van der Waals surface area contributed by atoms with Gasteiger partial charge in [0.1, 0.15) is 5.60 Å². The molecule has 0 saturated carbocycles. The molecule has 0 aliphatic rings. The molecule has 4 heterocycles. The zero-order valence-corrected chi connectivity index (χ0v) is 24.2. The monoisotopic (exact) mass is 541 g/mol. The number of hydrogen-bond donors (Lipinski definition) is 1. The van der Waals surface area contributed by atoms with Crippen LogP contribution in [0.1, 0.15) is 66.0 Å². The Morgan fingerprint density at radius 1 is 1.10 bits per heavy atom. The first-order valence-corrected chi connectivity index (χ1v) is 14.2. The lowest BCUT2D eigenvalue weighted by Crippen LogP contribution is -2.36. The van der Waals surface area contributed by atoms with E-state index in [1.807, 2.05) is 33.0 Å². The Morgan fingerprint density at radius 3 is 2.54 bits per heavy atom. The number of amides is 1. The zero-order valence-electron chi connectivity index (χ0n) is 23.4. The van der Waals surface area contributed by atoms with Gasteiger partial charge in [-0.05, 0) is 55.7 Å². The third-order valence-corrected chi connectivity index (χ3v) is 7.87. The number of ether oxygens (including phenoxy) is 1. The van der Waals surface area contributed by atoms with Gasteiger partial charge in [0, 0.05) is 33.7 Å². The molecule has 4 aromatic heterocycles. The van der Waals surface area contributed by atoms with Gasteiger partial charge in [0.25, 0.3) is 0 Å². The number of alkyl carbamates (subject to hydrolysis) is 1. The Balaban J connectivity index is 1.55. The maximum Gasteiger partial charge on any atom is 0.408 e. The molecule has 1 unspecified atom stereocenters. The molecule has 1 atom stereocenters. The van der Waals surface area contributed by atoms with Gasteiger partial charge in [0.05, 0.1) is 17.9 Å². The standard InChI is InChI=1S/C31H35N5O2S/c1-7-31(5,6)18-24(34-29(37)38-30(2,3)4)20-10-12-21(13-11-20)27-23(25-9-8-16-39-25)17-22-19-32-26-14-15-33-36(26)28(22)35-27/h8-17,19,24H,7,18H2,1-6H3,(H,34,37). The Kier molecular flexibility index (Phi) is 7.16. The van der Waals surface area contributed by atoms with E-state index in [1.165, 1.54) is 0 Å². The van der Waals surface area contributed by atoms with Crippen molar-refractivity contribution in [3.05, 3.63) is 71.9 Å². The summed E-state index contributed by atoms with van der Waals surface area (Å²) in [6.45, 7) is 12.3. The Bertz CT molecular complexity index is 1600. The maximum absolute atomic E-state index is 12.7. The average molecular weight is 542 g/mol. The van der Waals surface area contributed by atoms with Gasteiger partial charge < -0.3 is 10.1 Å². The molecule has 8 heteroatoms. The van der Waals surface area contributed by atoms with Crippen molar-refractivity contribution in [3.8, 4) is 21.7 Å². The van der Waals surface area contributed by atoms with Crippen molar-refractivity contribution in [3.63, 3.8) is 0 Å². The summed E-state index contributed by atoms with van der Waals surface area (Å²) >= 11 is 1.68. The number of pyridine rings is 1. The van der Waals surface area contributed by atoms with E-state index in [0.717, 1.165) is 56.8 Å². The number of rotatable bonds is 7. The van der Waals surface area contributed by atoms with Crippen molar-refractivity contribution >= 4 is 34.1 Å². The molecule has 5 aromatic rings. The quantitative estimate of drug-likeness (QED) is 0.225. The van der Waals surface area contributed by atoms with Crippen molar-refractivity contribution in [1.82, 2.24) is 24.9 Å². The van der Waals surface area contributed by atoms with Crippen LogP contribution in [0.5, 0.6) is 0 Å². The van der Waals surface area contributed by atoms with Crippen molar-refractivity contribution in [2.75, 3.05) is 0 Å². The molecule has 5 rings (SSSR count). The van der Waals surface area contributed by atoms with Crippen LogP contribution in [0.25, 0.3) is 38.4 Å². The molecule has 39 heavy (non-hydrogen) atoms. The van der Waals surface area contributed by atoms with Crippen LogP contribution in [0, 0.1) is 5.41 Å². The molecule has 1 aromatic carbocycles. The van der Waals surface area contributed by atoms with Gasteiger partial charge in [-0.1, -0.05) is 57.5 Å². The molecule has 7 nitrogen and oxygen atoms in total. The third-order valence-electron chi connectivity index (χ3n) is 6.97. The van der Waals surface area contributed by atoms with E-state index in [9.17, 15) is 4.79 Å². The minimum Gasteiger partial charge on any atom is -0.444 e. The van der Waals surface area contributed by atoms with Crippen molar-refractivity contribution in [2.24, 2.45) is 5.41 Å². The lowest BCUT2D eigenvalue weighted by molar-refractivity contribution is 0.0489. The van der Waals surface area contributed by atoms with Gasteiger partial charge in [-0.2, -0.15) is 9.61 Å². The fourth-order valence-corrected chi connectivity index (χ4v) is 5.33. The van der Waals surface area contributed by atoms with Gasteiger partial charge >= 0.3 is 6.09 Å². The van der Waals surface area contributed by atoms with Crippen LogP contribution in [-0.4, -0.2) is 31.3 Å². The first-order valence-electron chi connectivity index (χ1n) is 13.3. The number of thiophene rings is 1. The molecular weight excluding hydrogens is 506 g/mol. The van der Waals surface area contributed by atoms with E-state index in [0.29, 0.717) is 0 Å². The first kappa shape index (κ1) is 26.8. The molecule has 0 aliphatic carbocycles. The van der Waals surface area contributed by atoms with Crippen LogP contribution in [0.2, 0.25) is 0 Å². The molecule has 1 N–H and O–H groups in total. The normalized spacial score (nSPS) is 13.1. The fourth-order valence-electron chi connectivity index (χ4n) is 4.59. The van der Waals surface area contributed by atoms with Crippen molar-refractivity contribution in [2.45, 2.75) is 66.0 Å². The highest BCUT2D eigenvalue weighted by molar-refractivity contribution is 7.13. The molecule has 0 radical (unpaired) electrons. The van der Waals surface area contributed by atoms with Crippen LogP contribution in [0.4, 0.5) is 4.79 Å². The van der Waals surface area contributed by atoms with Gasteiger partial charge in [-0.3, -0.25) is 0 Å². The second kappa shape index (κ2) is 10.4. The van der Waals surface area contributed by atoms with Crippen LogP contribution >= 0.6 is 11.3 Å². The molecule has 0 spiro atoms. The Hall–Kier alpha value is -3.78. The maximum atomic E-state index is 12.7. The van der Waals surface area contributed by atoms with E-state index >= 15 is 0 Å². The van der Waals surface area contributed by atoms with Crippen molar-refractivity contribution in [1.29, 1.82) is 0 Å². The predicted octanol–water partition coefficient (Wildman–Crippen LogP) is 8.07. The minimum atomic E-state index is -0.561. The summed E-state index contributed by atoms with van der Waals surface area (Å²) < 4.78 is 7.36. The summed E-state index contributed by atoms with van der Waals surface area (Å²) in [5.41, 5.74) is 4.96. The number of nitrogens with zero attached hydrogens (tertiary/aromatic N) is 4. The summed E-state index contributed by atoms with van der Waals surface area (Å²) in [4.78, 5) is 23.5. The van der Waals surface area contributed by atoms with Gasteiger partial charge in [-0.25, -0.2) is 14.8 Å². The van der Waals surface area contributed by atoms with Crippen LogP contribution < -0.4 is 5.32 Å². The Morgan fingerprint density at radius 2 is 1.87 bits per heavy atom. The molecular formula is C31H35N5O2S. The second-order valence-electron chi connectivity index (χ2n) is 11.7.